The summed E-state index contributed by atoms with van der Waals surface area (Å²) in [5.41, 5.74) is 8.15. The minimum atomic E-state index is -4.75. The lowest BCUT2D eigenvalue weighted by Gasteiger charge is -2.20. The first kappa shape index (κ1) is 24.5. The number of aliphatic hydroxyl groups excluding tert-OH is 2. The van der Waals surface area contributed by atoms with Gasteiger partial charge in [-0.2, -0.15) is 13.2 Å². The Bertz CT molecular complexity index is 1170. The molecule has 0 spiro atoms. The first-order valence-electron chi connectivity index (χ1n) is 10.9. The molecule has 1 heterocycles. The summed E-state index contributed by atoms with van der Waals surface area (Å²) >= 11 is 0. The number of nitrogens with zero attached hydrogens (tertiary/aromatic N) is 1. The number of aliphatic hydroxyl groups is 2. The highest BCUT2D eigenvalue weighted by molar-refractivity contribution is 5.79. The average molecular weight is 487 g/mol. The van der Waals surface area contributed by atoms with Crippen LogP contribution in [0.2, 0.25) is 0 Å². The third-order valence-electron chi connectivity index (χ3n) is 6.00. The number of carbonyl (C=O) groups excluding carboxylic acids is 1. The van der Waals surface area contributed by atoms with E-state index in [2.05, 4.69) is 10.3 Å². The molecule has 1 aromatic heterocycles. The van der Waals surface area contributed by atoms with Crippen molar-refractivity contribution in [2.75, 3.05) is 18.9 Å². The quantitative estimate of drug-likeness (QED) is 0.400. The Morgan fingerprint density at radius 1 is 1.09 bits per heavy atom. The summed E-state index contributed by atoms with van der Waals surface area (Å²) in [6, 6.07) is 16.5. The van der Waals surface area contributed by atoms with Gasteiger partial charge in [0.15, 0.2) is 0 Å². The Balaban J connectivity index is 1.29. The second kappa shape index (κ2) is 9.93. The summed E-state index contributed by atoms with van der Waals surface area (Å²) in [6.07, 6.45) is -7.70. The predicted molar refractivity (Wildman–Crippen MR) is 122 cm³/mol. The van der Waals surface area contributed by atoms with Gasteiger partial charge in [-0.1, -0.05) is 48.5 Å². The molecule has 0 saturated carbocycles. The fourth-order valence-corrected chi connectivity index (χ4v) is 4.23. The second-order valence-corrected chi connectivity index (χ2v) is 8.25. The van der Waals surface area contributed by atoms with Crippen molar-refractivity contribution < 1.29 is 32.9 Å². The number of fused-ring (bicyclic) bond motifs is 3. The number of nitrogen functional groups attached to an aromatic ring is 1. The highest BCUT2D eigenvalue weighted by Crippen LogP contribution is 2.44. The molecule has 2 atom stereocenters. The number of amides is 1. The number of benzene rings is 2. The monoisotopic (exact) mass is 487 g/mol. The molecule has 4 rings (SSSR count). The number of ether oxygens (including phenoxy) is 1. The molecule has 5 N–H and O–H groups in total. The van der Waals surface area contributed by atoms with Gasteiger partial charge in [0.25, 0.3) is 0 Å². The Morgan fingerprint density at radius 3 is 2.29 bits per heavy atom. The molecule has 0 fully saturated rings. The van der Waals surface area contributed by atoms with Crippen LogP contribution in [0, 0.1) is 0 Å². The molecule has 1 aliphatic carbocycles. The molecule has 10 heteroatoms. The topological polar surface area (TPSA) is 118 Å². The van der Waals surface area contributed by atoms with Crippen molar-refractivity contribution in [1.29, 1.82) is 0 Å². The normalized spacial score (nSPS) is 14.7. The molecule has 0 radical (unpaired) electrons. The van der Waals surface area contributed by atoms with E-state index in [1.165, 1.54) is 0 Å². The van der Waals surface area contributed by atoms with Gasteiger partial charge in [0.2, 0.25) is 0 Å². The van der Waals surface area contributed by atoms with Crippen LogP contribution in [0.4, 0.5) is 23.8 Å². The summed E-state index contributed by atoms with van der Waals surface area (Å²) < 4.78 is 44.4. The van der Waals surface area contributed by atoms with Gasteiger partial charge in [0.1, 0.15) is 18.5 Å². The first-order valence-corrected chi connectivity index (χ1v) is 10.9. The molecule has 2 unspecified atom stereocenters. The highest BCUT2D eigenvalue weighted by Gasteiger charge is 2.35. The standard InChI is InChI=1S/C25H24F3N3O4/c26-25(27,28)20-11-14(12-31-23(20)29)22(33)21(32)9-10-30-24(34)35-13-19-17-7-3-1-5-15(17)16-6-2-4-8-18(16)19/h1-8,11-12,19,21-22,32-33H,9-10,13H2,(H2,29,31)(H,30,34). The average Bonchev–Trinajstić information content (AvgIpc) is 3.15. The molecule has 7 nitrogen and oxygen atoms in total. The van der Waals surface area contributed by atoms with Crippen LogP contribution in [0.1, 0.15) is 40.7 Å². The Hall–Kier alpha value is -3.63. The molecule has 2 aromatic carbocycles. The zero-order valence-electron chi connectivity index (χ0n) is 18.5. The number of aromatic nitrogens is 1. The first-order chi connectivity index (χ1) is 16.7. The maximum Gasteiger partial charge on any atom is 0.419 e. The van der Waals surface area contributed by atoms with E-state index in [-0.39, 0.29) is 31.1 Å². The number of rotatable bonds is 7. The maximum atomic E-state index is 13.0. The zero-order valence-corrected chi connectivity index (χ0v) is 18.5. The van der Waals surface area contributed by atoms with Crippen molar-refractivity contribution in [2.24, 2.45) is 0 Å². The van der Waals surface area contributed by atoms with Gasteiger partial charge in [0.05, 0.1) is 11.7 Å². The summed E-state index contributed by atoms with van der Waals surface area (Å²) in [6.45, 7) is 0.0474. The number of anilines is 1. The zero-order chi connectivity index (χ0) is 25.2. The van der Waals surface area contributed by atoms with Gasteiger partial charge in [-0.3, -0.25) is 0 Å². The molecule has 184 valence electrons. The molecular weight excluding hydrogens is 463 g/mol. The lowest BCUT2D eigenvalue weighted by atomic mass is 9.98. The van der Waals surface area contributed by atoms with Crippen LogP contribution in [0.5, 0.6) is 0 Å². The lowest BCUT2D eigenvalue weighted by molar-refractivity contribution is -0.137. The van der Waals surface area contributed by atoms with E-state index in [4.69, 9.17) is 10.5 Å². The lowest BCUT2D eigenvalue weighted by Crippen LogP contribution is -2.30. The van der Waals surface area contributed by atoms with Gasteiger partial charge in [0, 0.05) is 24.2 Å². The fourth-order valence-electron chi connectivity index (χ4n) is 4.23. The number of alkyl carbamates (subject to hydrolysis) is 1. The summed E-state index contributed by atoms with van der Waals surface area (Å²) in [7, 11) is 0. The minimum absolute atomic E-state index is 0.0660. The summed E-state index contributed by atoms with van der Waals surface area (Å²) in [5, 5.41) is 22.9. The third kappa shape index (κ3) is 5.23. The van der Waals surface area contributed by atoms with Gasteiger partial charge in [-0.05, 0) is 34.7 Å². The van der Waals surface area contributed by atoms with Crippen molar-refractivity contribution in [3.63, 3.8) is 0 Å². The van der Waals surface area contributed by atoms with Crippen LogP contribution in [-0.2, 0) is 10.9 Å². The van der Waals surface area contributed by atoms with Crippen LogP contribution in [0.15, 0.2) is 60.8 Å². The Morgan fingerprint density at radius 2 is 1.69 bits per heavy atom. The van der Waals surface area contributed by atoms with Crippen LogP contribution in [-0.4, -0.2) is 40.5 Å². The highest BCUT2D eigenvalue weighted by atomic mass is 19.4. The summed E-state index contributed by atoms with van der Waals surface area (Å²) in [4.78, 5) is 15.7. The van der Waals surface area contributed by atoms with Crippen molar-refractivity contribution >= 4 is 11.9 Å². The van der Waals surface area contributed by atoms with Crippen LogP contribution in [0.25, 0.3) is 11.1 Å². The third-order valence-corrected chi connectivity index (χ3v) is 6.00. The number of hydrogen-bond donors (Lipinski definition) is 4. The number of hydrogen-bond acceptors (Lipinski definition) is 6. The number of nitrogens with one attached hydrogen (secondary N) is 1. The fraction of sp³-hybridized carbons (Fsp3) is 0.280. The largest absolute Gasteiger partial charge is 0.449 e. The molecule has 0 aliphatic heterocycles. The number of nitrogens with two attached hydrogens (primary N) is 1. The second-order valence-electron chi connectivity index (χ2n) is 8.25. The van der Waals surface area contributed by atoms with E-state index < -0.39 is 35.9 Å². The summed E-state index contributed by atoms with van der Waals surface area (Å²) in [5.74, 6) is -0.832. The van der Waals surface area contributed by atoms with Crippen LogP contribution < -0.4 is 11.1 Å². The number of pyridine rings is 1. The van der Waals surface area contributed by atoms with E-state index in [1.807, 2.05) is 48.5 Å². The van der Waals surface area contributed by atoms with Gasteiger partial charge >= 0.3 is 12.3 Å². The predicted octanol–water partition coefficient (Wildman–Crippen LogP) is 4.01. The van der Waals surface area contributed by atoms with E-state index in [0.29, 0.717) is 6.07 Å². The van der Waals surface area contributed by atoms with E-state index in [0.717, 1.165) is 28.5 Å². The molecule has 35 heavy (non-hydrogen) atoms. The molecule has 0 saturated heterocycles. The molecule has 1 amide bonds. The van der Waals surface area contributed by atoms with Crippen molar-refractivity contribution in [3.8, 4) is 11.1 Å². The van der Waals surface area contributed by atoms with Gasteiger partial charge in [-0.25, -0.2) is 9.78 Å². The Kier molecular flexibility index (Phi) is 6.95. The molecule has 0 bridgehead atoms. The minimum Gasteiger partial charge on any atom is -0.449 e. The number of alkyl halides is 3. The Labute approximate surface area is 199 Å². The van der Waals surface area contributed by atoms with E-state index in [1.54, 1.807) is 0 Å². The number of halogens is 3. The van der Waals surface area contributed by atoms with Crippen molar-refractivity contribution in [3.05, 3.63) is 83.0 Å². The molecule has 1 aliphatic rings. The van der Waals surface area contributed by atoms with Gasteiger partial charge < -0.3 is 26.0 Å². The van der Waals surface area contributed by atoms with Crippen LogP contribution in [0.3, 0.4) is 0 Å². The molecular formula is C25H24F3N3O4. The smallest absolute Gasteiger partial charge is 0.419 e. The maximum absolute atomic E-state index is 13.0. The van der Waals surface area contributed by atoms with Crippen molar-refractivity contribution in [2.45, 2.75) is 30.7 Å². The number of carbonyl (C=O) groups is 1. The van der Waals surface area contributed by atoms with Crippen LogP contribution >= 0.6 is 0 Å². The van der Waals surface area contributed by atoms with E-state index >= 15 is 0 Å². The molecule has 3 aromatic rings. The van der Waals surface area contributed by atoms with Gasteiger partial charge in [-0.15, -0.1) is 0 Å². The SMILES string of the molecule is Nc1ncc(C(O)C(O)CCNC(=O)OCC2c3ccccc3-c3ccccc32)cc1C(F)(F)F. The van der Waals surface area contributed by atoms with E-state index in [9.17, 15) is 28.2 Å². The van der Waals surface area contributed by atoms with Crippen molar-refractivity contribution in [1.82, 2.24) is 10.3 Å².